The number of aliphatic carboxylic acids is 1. The summed E-state index contributed by atoms with van der Waals surface area (Å²) >= 11 is 0. The zero-order chi connectivity index (χ0) is 14.7. The number of carboxylic acid groups (broad SMARTS) is 1. The summed E-state index contributed by atoms with van der Waals surface area (Å²) in [4.78, 5) is 48.4. The van der Waals surface area contributed by atoms with Gasteiger partial charge in [0.15, 0.2) is 0 Å². The molecule has 0 aromatic rings. The van der Waals surface area contributed by atoms with Crippen LogP contribution in [0.5, 0.6) is 0 Å². The van der Waals surface area contributed by atoms with E-state index in [0.29, 0.717) is 13.0 Å². The predicted octanol–water partition coefficient (Wildman–Crippen LogP) is -0.606. The number of imide groups is 1. The molecule has 2 fully saturated rings. The van der Waals surface area contributed by atoms with Crippen LogP contribution in [-0.4, -0.2) is 64.4 Å². The van der Waals surface area contributed by atoms with Crippen LogP contribution in [0.1, 0.15) is 25.7 Å². The van der Waals surface area contributed by atoms with E-state index in [0.717, 1.165) is 12.8 Å². The van der Waals surface area contributed by atoms with Gasteiger partial charge < -0.3 is 14.9 Å². The Balaban J connectivity index is 2.06. The number of amides is 4. The van der Waals surface area contributed by atoms with Gasteiger partial charge in [0.25, 0.3) is 0 Å². The summed E-state index contributed by atoms with van der Waals surface area (Å²) in [6, 6.07) is -0.798. The van der Waals surface area contributed by atoms with Crippen molar-refractivity contribution < 1.29 is 24.3 Å². The molecule has 4 amide bonds. The number of nitrogens with one attached hydrogen (secondary N) is 1. The highest BCUT2D eigenvalue weighted by atomic mass is 16.4. The minimum Gasteiger partial charge on any atom is -0.481 e. The van der Waals surface area contributed by atoms with Gasteiger partial charge in [0.2, 0.25) is 11.8 Å². The summed E-state index contributed by atoms with van der Waals surface area (Å²) in [5.74, 6) is -1.98. The third-order valence-corrected chi connectivity index (χ3v) is 3.50. The number of urea groups is 1. The van der Waals surface area contributed by atoms with Gasteiger partial charge in [0.05, 0.1) is 6.42 Å². The van der Waals surface area contributed by atoms with Crippen LogP contribution in [0.2, 0.25) is 0 Å². The SMILES string of the molecule is O=C(O)CC1CCCCN1C(=O)N1CC(=O)NC(=O)C1. The first kappa shape index (κ1) is 14.3. The average Bonchev–Trinajstić information content (AvgIpc) is 2.36. The molecule has 0 bridgehead atoms. The monoisotopic (exact) mass is 283 g/mol. The second-order valence-electron chi connectivity index (χ2n) is 5.05. The van der Waals surface area contributed by atoms with Crippen LogP contribution in [0.15, 0.2) is 0 Å². The van der Waals surface area contributed by atoms with Crippen LogP contribution in [-0.2, 0) is 14.4 Å². The number of carbonyl (C=O) groups excluding carboxylic acids is 3. The lowest BCUT2D eigenvalue weighted by Gasteiger charge is -2.39. The molecule has 2 saturated heterocycles. The number of rotatable bonds is 2. The molecule has 20 heavy (non-hydrogen) atoms. The van der Waals surface area contributed by atoms with E-state index in [1.165, 1.54) is 9.80 Å². The second-order valence-corrected chi connectivity index (χ2v) is 5.05. The van der Waals surface area contributed by atoms with Crippen molar-refractivity contribution in [3.8, 4) is 0 Å². The summed E-state index contributed by atoms with van der Waals surface area (Å²) < 4.78 is 0. The van der Waals surface area contributed by atoms with Gasteiger partial charge in [0, 0.05) is 12.6 Å². The largest absolute Gasteiger partial charge is 0.481 e. The Morgan fingerprint density at radius 3 is 2.45 bits per heavy atom. The number of likely N-dealkylation sites (tertiary alicyclic amines) is 1. The molecule has 0 aromatic heterocycles. The van der Waals surface area contributed by atoms with Gasteiger partial charge in [-0.15, -0.1) is 0 Å². The Morgan fingerprint density at radius 2 is 1.85 bits per heavy atom. The number of carboxylic acids is 1. The molecule has 1 unspecified atom stereocenters. The topological polar surface area (TPSA) is 107 Å². The van der Waals surface area contributed by atoms with Crippen molar-refractivity contribution >= 4 is 23.8 Å². The number of nitrogens with zero attached hydrogens (tertiary/aromatic N) is 2. The molecule has 2 N–H and O–H groups in total. The standard InChI is InChI=1S/C12H17N3O5/c16-9-6-14(7-10(17)13-9)12(20)15-4-2-1-3-8(15)5-11(18)19/h8H,1-7H2,(H,18,19)(H,13,16,17). The van der Waals surface area contributed by atoms with Gasteiger partial charge in [-0.1, -0.05) is 0 Å². The Morgan fingerprint density at radius 1 is 1.20 bits per heavy atom. The molecule has 2 heterocycles. The van der Waals surface area contributed by atoms with E-state index in [1.54, 1.807) is 0 Å². The summed E-state index contributed by atoms with van der Waals surface area (Å²) in [6.07, 6.45) is 2.20. The van der Waals surface area contributed by atoms with Gasteiger partial charge in [0.1, 0.15) is 13.1 Å². The highest BCUT2D eigenvalue weighted by Gasteiger charge is 2.34. The predicted molar refractivity (Wildman–Crippen MR) is 66.7 cm³/mol. The maximum absolute atomic E-state index is 12.4. The Hall–Kier alpha value is -2.12. The van der Waals surface area contributed by atoms with Crippen molar-refractivity contribution in [1.29, 1.82) is 0 Å². The van der Waals surface area contributed by atoms with Crippen molar-refractivity contribution in [3.05, 3.63) is 0 Å². The summed E-state index contributed by atoms with van der Waals surface area (Å²) in [6.45, 7) is 0.130. The van der Waals surface area contributed by atoms with Gasteiger partial charge >= 0.3 is 12.0 Å². The fourth-order valence-corrected chi connectivity index (χ4v) is 2.62. The first-order valence-electron chi connectivity index (χ1n) is 6.57. The molecule has 0 aliphatic carbocycles. The fourth-order valence-electron chi connectivity index (χ4n) is 2.62. The molecule has 8 nitrogen and oxygen atoms in total. The summed E-state index contributed by atoms with van der Waals surface area (Å²) in [5.41, 5.74) is 0. The van der Waals surface area contributed by atoms with E-state index < -0.39 is 23.8 Å². The number of piperidine rings is 1. The molecule has 1 atom stereocenters. The maximum Gasteiger partial charge on any atom is 0.321 e. The van der Waals surface area contributed by atoms with E-state index in [4.69, 9.17) is 5.11 Å². The highest BCUT2D eigenvalue weighted by molar-refractivity contribution is 6.02. The van der Waals surface area contributed by atoms with E-state index >= 15 is 0 Å². The molecule has 0 spiro atoms. The van der Waals surface area contributed by atoms with Gasteiger partial charge in [-0.05, 0) is 19.3 Å². The van der Waals surface area contributed by atoms with Crippen LogP contribution < -0.4 is 5.32 Å². The molecule has 0 aromatic carbocycles. The molecule has 2 aliphatic rings. The van der Waals surface area contributed by atoms with Crippen molar-refractivity contribution in [1.82, 2.24) is 15.1 Å². The third kappa shape index (κ3) is 3.25. The maximum atomic E-state index is 12.4. The van der Waals surface area contributed by atoms with E-state index in [9.17, 15) is 19.2 Å². The van der Waals surface area contributed by atoms with Crippen molar-refractivity contribution in [3.63, 3.8) is 0 Å². The molecule has 110 valence electrons. The Labute approximate surface area is 115 Å². The smallest absolute Gasteiger partial charge is 0.321 e. The van der Waals surface area contributed by atoms with Crippen LogP contribution in [0.25, 0.3) is 0 Å². The lowest BCUT2D eigenvalue weighted by molar-refractivity contribution is -0.139. The van der Waals surface area contributed by atoms with E-state index in [-0.39, 0.29) is 25.6 Å². The first-order valence-corrected chi connectivity index (χ1v) is 6.57. The number of hydrogen-bond donors (Lipinski definition) is 2. The third-order valence-electron chi connectivity index (χ3n) is 3.50. The minimum absolute atomic E-state index is 0.111. The van der Waals surface area contributed by atoms with E-state index in [1.807, 2.05) is 0 Å². The lowest BCUT2D eigenvalue weighted by Crippen LogP contribution is -2.58. The normalized spacial score (nSPS) is 23.5. The summed E-state index contributed by atoms with van der Waals surface area (Å²) in [5, 5.41) is 11.0. The van der Waals surface area contributed by atoms with Gasteiger partial charge in [-0.3, -0.25) is 19.7 Å². The minimum atomic E-state index is -0.956. The molecule has 0 saturated carbocycles. The zero-order valence-corrected chi connectivity index (χ0v) is 11.0. The van der Waals surface area contributed by atoms with Gasteiger partial charge in [-0.2, -0.15) is 0 Å². The first-order chi connectivity index (χ1) is 9.47. The lowest BCUT2D eigenvalue weighted by atomic mass is 10.00. The number of carbonyl (C=O) groups is 4. The van der Waals surface area contributed by atoms with Gasteiger partial charge in [-0.25, -0.2) is 4.79 Å². The zero-order valence-electron chi connectivity index (χ0n) is 11.0. The van der Waals surface area contributed by atoms with Crippen molar-refractivity contribution in [2.24, 2.45) is 0 Å². The number of piperazine rings is 1. The highest BCUT2D eigenvalue weighted by Crippen LogP contribution is 2.21. The molecule has 8 heteroatoms. The Bertz CT molecular complexity index is 434. The quantitative estimate of drug-likeness (QED) is 0.658. The van der Waals surface area contributed by atoms with Crippen LogP contribution >= 0.6 is 0 Å². The second kappa shape index (κ2) is 5.89. The molecule has 0 radical (unpaired) electrons. The van der Waals surface area contributed by atoms with Crippen molar-refractivity contribution in [2.45, 2.75) is 31.7 Å². The molecule has 2 aliphatic heterocycles. The van der Waals surface area contributed by atoms with E-state index in [2.05, 4.69) is 5.32 Å². The van der Waals surface area contributed by atoms with Crippen molar-refractivity contribution in [2.75, 3.05) is 19.6 Å². The van der Waals surface area contributed by atoms with Crippen LogP contribution in [0.3, 0.4) is 0 Å². The molecular weight excluding hydrogens is 266 g/mol. The van der Waals surface area contributed by atoms with Crippen LogP contribution in [0.4, 0.5) is 4.79 Å². The average molecular weight is 283 g/mol. The molecular formula is C12H17N3O5. The Kier molecular flexibility index (Phi) is 4.21. The van der Waals surface area contributed by atoms with Crippen LogP contribution in [0, 0.1) is 0 Å². The summed E-state index contributed by atoms with van der Waals surface area (Å²) in [7, 11) is 0. The fraction of sp³-hybridized carbons (Fsp3) is 0.667. The molecule has 2 rings (SSSR count). The number of hydrogen-bond acceptors (Lipinski definition) is 4.